The summed E-state index contributed by atoms with van der Waals surface area (Å²) in [7, 11) is 0. The van der Waals surface area contributed by atoms with Crippen LogP contribution in [0.4, 0.5) is 0 Å². The first-order valence-corrected chi connectivity index (χ1v) is 27.3. The Balaban J connectivity index is 1.80. The summed E-state index contributed by atoms with van der Waals surface area (Å²) in [4.78, 5) is 13.2. The van der Waals surface area contributed by atoms with E-state index in [1.165, 1.54) is 154 Å². The van der Waals surface area contributed by atoms with Gasteiger partial charge in [0.2, 0.25) is 5.91 Å². The SMILES string of the molecule is CCCCCCCCCCCCCCCCCCC[C@@H](O)[C@H](CO[C@@H]1O[C@H](CO)[C@@H](O[C@@H]2O[C@H](CO)[C@H](O)C(O)C2O)C(O)C1O)NC(=O)CCCCCCCCCCCCCCCCC. The molecule has 0 aliphatic carbocycles. The second-order valence-electron chi connectivity index (χ2n) is 19.7. The van der Waals surface area contributed by atoms with E-state index in [9.17, 15) is 45.6 Å². The average Bonchev–Trinajstić information content (AvgIpc) is 3.31. The second kappa shape index (κ2) is 39.7. The Morgan fingerprint density at radius 1 is 0.485 bits per heavy atom. The summed E-state index contributed by atoms with van der Waals surface area (Å²) in [6.07, 6.45) is 23.8. The van der Waals surface area contributed by atoms with Gasteiger partial charge in [-0.25, -0.2) is 0 Å². The molecule has 2 fully saturated rings. The highest BCUT2D eigenvalue weighted by Crippen LogP contribution is 2.30. The quantitative estimate of drug-likeness (QED) is 0.0267. The van der Waals surface area contributed by atoms with Gasteiger partial charge in [-0.1, -0.05) is 213 Å². The number of carbonyl (C=O) groups excluding carboxylic acids is 1. The first-order chi connectivity index (χ1) is 32.1. The lowest BCUT2D eigenvalue weighted by Crippen LogP contribution is -2.65. The third-order valence-corrected chi connectivity index (χ3v) is 13.8. The van der Waals surface area contributed by atoms with Gasteiger partial charge in [0.1, 0.15) is 48.8 Å². The maximum atomic E-state index is 13.2. The Morgan fingerprint density at radius 3 is 1.29 bits per heavy atom. The molecule has 2 rings (SSSR count). The smallest absolute Gasteiger partial charge is 0.220 e. The van der Waals surface area contributed by atoms with Crippen molar-refractivity contribution in [2.24, 2.45) is 0 Å². The zero-order valence-corrected chi connectivity index (χ0v) is 41.7. The highest BCUT2D eigenvalue weighted by Gasteiger charge is 2.51. The molecule has 0 aromatic carbocycles. The van der Waals surface area contributed by atoms with Crippen molar-refractivity contribution < 1.29 is 64.6 Å². The van der Waals surface area contributed by atoms with E-state index in [2.05, 4.69) is 19.2 Å². The lowest BCUT2D eigenvalue weighted by atomic mass is 9.97. The Hall–Kier alpha value is -1.01. The molecule has 2 saturated heterocycles. The summed E-state index contributed by atoms with van der Waals surface area (Å²) in [6, 6.07) is -0.821. The minimum atomic E-state index is -1.78. The Bertz CT molecular complexity index is 1120. The molecule has 4 unspecified atom stereocenters. The van der Waals surface area contributed by atoms with Gasteiger partial charge in [-0.05, 0) is 12.8 Å². The van der Waals surface area contributed by atoms with Gasteiger partial charge >= 0.3 is 0 Å². The summed E-state index contributed by atoms with van der Waals surface area (Å²) in [5.41, 5.74) is 0. The molecule has 392 valence electrons. The van der Waals surface area contributed by atoms with Crippen molar-refractivity contribution >= 4 is 5.91 Å². The fourth-order valence-electron chi connectivity index (χ4n) is 9.36. The second-order valence-corrected chi connectivity index (χ2v) is 19.7. The van der Waals surface area contributed by atoms with Gasteiger partial charge in [0.25, 0.3) is 0 Å². The normalized spacial score (nSPS) is 26.7. The topological polar surface area (TPSA) is 228 Å². The van der Waals surface area contributed by atoms with Crippen LogP contribution in [0.5, 0.6) is 0 Å². The van der Waals surface area contributed by atoms with Gasteiger partial charge in [-0.15, -0.1) is 0 Å². The van der Waals surface area contributed by atoms with Crippen LogP contribution >= 0.6 is 0 Å². The van der Waals surface area contributed by atoms with Crippen molar-refractivity contribution in [3.63, 3.8) is 0 Å². The number of hydrogen-bond acceptors (Lipinski definition) is 13. The van der Waals surface area contributed by atoms with Crippen LogP contribution < -0.4 is 5.32 Å². The Morgan fingerprint density at radius 2 is 0.864 bits per heavy atom. The molecule has 12 atom stereocenters. The van der Waals surface area contributed by atoms with E-state index in [0.717, 1.165) is 51.4 Å². The Labute approximate surface area is 400 Å². The molecule has 14 nitrogen and oxygen atoms in total. The number of ether oxygens (including phenoxy) is 4. The monoisotopic (exact) mass is 948 g/mol. The van der Waals surface area contributed by atoms with Gasteiger partial charge in [-0.3, -0.25) is 4.79 Å². The molecule has 14 heteroatoms. The van der Waals surface area contributed by atoms with Crippen LogP contribution in [0, 0.1) is 0 Å². The van der Waals surface area contributed by atoms with Gasteiger partial charge in [0.05, 0.1) is 32.0 Å². The number of aliphatic hydroxyl groups excluding tert-OH is 8. The average molecular weight is 948 g/mol. The fraction of sp³-hybridized carbons (Fsp3) is 0.981. The van der Waals surface area contributed by atoms with Gasteiger partial charge in [0.15, 0.2) is 12.6 Å². The number of nitrogens with one attached hydrogen (secondary N) is 1. The van der Waals surface area contributed by atoms with Crippen LogP contribution in [-0.2, 0) is 23.7 Å². The predicted molar refractivity (Wildman–Crippen MR) is 259 cm³/mol. The zero-order valence-electron chi connectivity index (χ0n) is 41.7. The maximum Gasteiger partial charge on any atom is 0.220 e. The molecule has 0 spiro atoms. The van der Waals surface area contributed by atoms with Gasteiger partial charge in [-0.2, -0.15) is 0 Å². The van der Waals surface area contributed by atoms with Crippen LogP contribution in [-0.4, -0.2) is 140 Å². The molecule has 0 bridgehead atoms. The molecule has 0 aromatic rings. The number of rotatable bonds is 43. The summed E-state index contributed by atoms with van der Waals surface area (Å²) < 4.78 is 22.8. The van der Waals surface area contributed by atoms with Crippen molar-refractivity contribution in [3.8, 4) is 0 Å². The lowest BCUT2D eigenvalue weighted by molar-refractivity contribution is -0.359. The number of hydrogen-bond donors (Lipinski definition) is 9. The molecule has 0 aromatic heterocycles. The van der Waals surface area contributed by atoms with Crippen LogP contribution in [0.2, 0.25) is 0 Å². The van der Waals surface area contributed by atoms with Crippen LogP contribution in [0.15, 0.2) is 0 Å². The van der Waals surface area contributed by atoms with Crippen molar-refractivity contribution in [1.29, 1.82) is 0 Å². The van der Waals surface area contributed by atoms with Gasteiger partial charge in [0, 0.05) is 6.42 Å². The lowest BCUT2D eigenvalue weighted by Gasteiger charge is -2.46. The molecule has 1 amide bonds. The van der Waals surface area contributed by atoms with E-state index >= 15 is 0 Å². The van der Waals surface area contributed by atoms with E-state index in [0.29, 0.717) is 12.8 Å². The maximum absolute atomic E-state index is 13.2. The summed E-state index contributed by atoms with van der Waals surface area (Å²) >= 11 is 0. The molecule has 66 heavy (non-hydrogen) atoms. The largest absolute Gasteiger partial charge is 0.394 e. The summed E-state index contributed by atoms with van der Waals surface area (Å²) in [5, 5.41) is 87.0. The van der Waals surface area contributed by atoms with Crippen LogP contribution in [0.1, 0.15) is 232 Å². The third kappa shape index (κ3) is 26.3. The number of aliphatic hydroxyl groups is 8. The van der Waals surface area contributed by atoms with E-state index in [1.54, 1.807) is 0 Å². The van der Waals surface area contributed by atoms with E-state index in [-0.39, 0.29) is 12.5 Å². The molecular formula is C52H101NO13. The zero-order chi connectivity index (χ0) is 48.2. The van der Waals surface area contributed by atoms with Crippen molar-refractivity contribution in [3.05, 3.63) is 0 Å². The summed E-state index contributed by atoms with van der Waals surface area (Å²) in [6.45, 7) is 2.88. The van der Waals surface area contributed by atoms with E-state index in [4.69, 9.17) is 18.9 Å². The minimum Gasteiger partial charge on any atom is -0.394 e. The minimum absolute atomic E-state index is 0.203. The third-order valence-electron chi connectivity index (χ3n) is 13.8. The standard InChI is InChI=1S/C52H101NO13/c1-3-5-7-9-11-13-15-17-19-20-22-23-25-27-29-31-33-35-41(56)40(53-44(57)36-34-32-30-28-26-24-21-18-16-14-12-10-8-6-4-2)39-63-51-49(62)47(60)50(43(38-55)65-51)66-52-48(61)46(59)45(58)42(37-54)64-52/h40-43,45-52,54-56,58-62H,3-39H2,1-2H3,(H,53,57)/t40-,41+,42+,43+,45-,46?,47?,48?,49?,50+,51+,52-/m0/s1. The molecule has 2 aliphatic heterocycles. The highest BCUT2D eigenvalue weighted by molar-refractivity contribution is 5.76. The van der Waals surface area contributed by atoms with Crippen molar-refractivity contribution in [2.75, 3.05) is 19.8 Å². The molecule has 0 saturated carbocycles. The van der Waals surface area contributed by atoms with Crippen molar-refractivity contribution in [1.82, 2.24) is 5.32 Å². The Kier molecular flexibility index (Phi) is 36.7. The molecular weight excluding hydrogens is 847 g/mol. The number of amides is 1. The number of carbonyl (C=O) groups is 1. The predicted octanol–water partition coefficient (Wildman–Crippen LogP) is 7.78. The fourth-order valence-corrected chi connectivity index (χ4v) is 9.36. The summed E-state index contributed by atoms with van der Waals surface area (Å²) in [5.74, 6) is -0.203. The van der Waals surface area contributed by atoms with Gasteiger partial charge < -0.3 is 65.1 Å². The van der Waals surface area contributed by atoms with E-state index in [1.807, 2.05) is 0 Å². The molecule has 2 heterocycles. The van der Waals surface area contributed by atoms with E-state index < -0.39 is 86.8 Å². The van der Waals surface area contributed by atoms with Crippen LogP contribution in [0.3, 0.4) is 0 Å². The number of unbranched alkanes of at least 4 members (excludes halogenated alkanes) is 30. The molecule has 0 radical (unpaired) electrons. The highest BCUT2D eigenvalue weighted by atomic mass is 16.7. The van der Waals surface area contributed by atoms with Crippen LogP contribution in [0.25, 0.3) is 0 Å². The first kappa shape index (κ1) is 61.1. The van der Waals surface area contributed by atoms with Crippen molar-refractivity contribution in [2.45, 2.75) is 306 Å². The first-order valence-electron chi connectivity index (χ1n) is 27.3. The molecule has 9 N–H and O–H groups in total. The molecule has 2 aliphatic rings.